The second kappa shape index (κ2) is 13.4. The van der Waals surface area contributed by atoms with Gasteiger partial charge in [-0.25, -0.2) is 0 Å². The van der Waals surface area contributed by atoms with E-state index in [1.165, 1.54) is 0 Å². The molecule has 1 aromatic heterocycles. The molecule has 43 heavy (non-hydrogen) atoms. The first-order chi connectivity index (χ1) is 20.7. The van der Waals surface area contributed by atoms with Crippen molar-refractivity contribution < 1.29 is 22.7 Å². The molecule has 0 radical (unpaired) electrons. The van der Waals surface area contributed by atoms with E-state index in [1.807, 2.05) is 65.2 Å². The van der Waals surface area contributed by atoms with E-state index in [2.05, 4.69) is 15.5 Å². The van der Waals surface area contributed by atoms with Crippen LogP contribution >= 0.6 is 23.4 Å². The lowest BCUT2D eigenvalue weighted by molar-refractivity contribution is -0.137. The van der Waals surface area contributed by atoms with Gasteiger partial charge in [-0.1, -0.05) is 84.0 Å². The zero-order chi connectivity index (χ0) is 30.4. The zero-order valence-corrected chi connectivity index (χ0v) is 24.5. The lowest BCUT2D eigenvalue weighted by atomic mass is 10.1. The highest BCUT2D eigenvalue weighted by atomic mass is 35.5. The summed E-state index contributed by atoms with van der Waals surface area (Å²) in [5.41, 5.74) is 1.51. The highest BCUT2D eigenvalue weighted by molar-refractivity contribution is 8.00. The number of hydrogen-bond acceptors (Lipinski definition) is 5. The number of thioether (sulfide) groups is 1. The van der Waals surface area contributed by atoms with Crippen molar-refractivity contribution in [3.63, 3.8) is 0 Å². The van der Waals surface area contributed by atoms with Crippen LogP contribution < -0.4 is 10.1 Å². The molecule has 1 amide bonds. The number of aromatic nitrogens is 3. The Morgan fingerprint density at radius 2 is 1.63 bits per heavy atom. The molecule has 5 rings (SSSR count). The van der Waals surface area contributed by atoms with Crippen molar-refractivity contribution in [3.05, 3.63) is 125 Å². The molecule has 11 heteroatoms. The summed E-state index contributed by atoms with van der Waals surface area (Å²) in [5, 5.41) is 11.1. The van der Waals surface area contributed by atoms with E-state index in [-0.39, 0.29) is 10.7 Å². The van der Waals surface area contributed by atoms with Crippen LogP contribution in [0.4, 0.5) is 18.9 Å². The molecular formula is C32H26ClF3N4O2S. The number of anilines is 1. The fraction of sp³-hybridized carbons (Fsp3) is 0.156. The molecule has 5 aromatic rings. The van der Waals surface area contributed by atoms with Gasteiger partial charge in [-0.15, -0.1) is 10.2 Å². The van der Waals surface area contributed by atoms with Crippen molar-refractivity contribution in [2.75, 3.05) is 12.4 Å². The number of alkyl halides is 3. The van der Waals surface area contributed by atoms with Crippen molar-refractivity contribution in [1.29, 1.82) is 0 Å². The van der Waals surface area contributed by atoms with E-state index in [0.717, 1.165) is 41.1 Å². The van der Waals surface area contributed by atoms with E-state index in [9.17, 15) is 18.0 Å². The predicted molar refractivity (Wildman–Crippen MR) is 162 cm³/mol. The molecule has 4 aromatic carbocycles. The molecule has 1 N–H and O–H groups in total. The number of amides is 1. The minimum Gasteiger partial charge on any atom is -0.497 e. The number of carbonyl (C=O) groups excluding carboxylic acids is 1. The minimum absolute atomic E-state index is 0.00835. The Bertz CT molecular complexity index is 1680. The molecule has 0 unspecified atom stereocenters. The maximum atomic E-state index is 13.7. The minimum atomic E-state index is -4.59. The van der Waals surface area contributed by atoms with Crippen LogP contribution in [0.5, 0.6) is 5.75 Å². The van der Waals surface area contributed by atoms with Crippen LogP contribution in [0.3, 0.4) is 0 Å². The second-order valence-electron chi connectivity index (χ2n) is 9.51. The molecule has 1 atom stereocenters. The third-order valence-corrected chi connectivity index (χ3v) is 8.21. The van der Waals surface area contributed by atoms with Crippen LogP contribution in [-0.2, 0) is 23.9 Å². The quantitative estimate of drug-likeness (QED) is 0.159. The number of nitrogens with zero attached hydrogens (tertiary/aromatic N) is 3. The Balaban J connectivity index is 1.50. The summed E-state index contributed by atoms with van der Waals surface area (Å²) in [7, 11) is 1.59. The van der Waals surface area contributed by atoms with Gasteiger partial charge in [0.05, 0.1) is 23.4 Å². The molecule has 220 valence electrons. The molecule has 0 fully saturated rings. The molecule has 6 nitrogen and oxygen atoms in total. The summed E-state index contributed by atoms with van der Waals surface area (Å²) < 4.78 is 47.4. The van der Waals surface area contributed by atoms with Crippen molar-refractivity contribution in [1.82, 2.24) is 14.8 Å². The van der Waals surface area contributed by atoms with Gasteiger partial charge in [0.2, 0.25) is 5.91 Å². The smallest absolute Gasteiger partial charge is 0.416 e. The molecule has 0 spiro atoms. The highest BCUT2D eigenvalue weighted by Crippen LogP contribution is 2.39. The van der Waals surface area contributed by atoms with E-state index < -0.39 is 22.9 Å². The van der Waals surface area contributed by atoms with Gasteiger partial charge in [-0.3, -0.25) is 4.79 Å². The van der Waals surface area contributed by atoms with E-state index in [1.54, 1.807) is 31.4 Å². The Hall–Kier alpha value is -4.28. The standard InChI is InChI=1S/C32H26ClF3N4O2S/c1-42-25-15-12-23(13-16-25)29-38-39-31(40(29)19-18-21-8-4-2-5-9-21)43-28(22-10-6-3-7-11-22)30(41)37-27-20-24(32(34,35)36)14-17-26(27)33/h2-17,20,28H,18-19H2,1H3,(H,37,41)/t28-/m1/s1. The second-order valence-corrected chi connectivity index (χ2v) is 11.0. The molecule has 0 saturated carbocycles. The lowest BCUT2D eigenvalue weighted by Crippen LogP contribution is -2.20. The normalized spacial score (nSPS) is 12.1. The number of hydrogen-bond donors (Lipinski definition) is 1. The van der Waals surface area contributed by atoms with E-state index >= 15 is 0 Å². The molecule has 0 aliphatic heterocycles. The summed E-state index contributed by atoms with van der Waals surface area (Å²) >= 11 is 7.35. The molecular weight excluding hydrogens is 597 g/mol. The number of nitrogens with one attached hydrogen (secondary N) is 1. The number of aryl methyl sites for hydroxylation is 1. The Morgan fingerprint density at radius 3 is 2.28 bits per heavy atom. The maximum Gasteiger partial charge on any atom is 0.416 e. The predicted octanol–water partition coefficient (Wildman–Crippen LogP) is 8.34. The number of rotatable bonds is 10. The number of carbonyl (C=O) groups is 1. The van der Waals surface area contributed by atoms with Crippen molar-refractivity contribution in [3.8, 4) is 17.1 Å². The van der Waals surface area contributed by atoms with Gasteiger partial charge >= 0.3 is 6.18 Å². The first-order valence-electron chi connectivity index (χ1n) is 13.2. The topological polar surface area (TPSA) is 69.0 Å². The van der Waals surface area contributed by atoms with Crippen LogP contribution in [0.15, 0.2) is 108 Å². The summed E-state index contributed by atoms with van der Waals surface area (Å²) in [5.74, 6) is 0.748. The Labute approximate surface area is 255 Å². The van der Waals surface area contributed by atoms with Gasteiger partial charge in [0.15, 0.2) is 11.0 Å². The fourth-order valence-electron chi connectivity index (χ4n) is 4.42. The summed E-state index contributed by atoms with van der Waals surface area (Å²) in [6, 6.07) is 29.1. The zero-order valence-electron chi connectivity index (χ0n) is 22.9. The lowest BCUT2D eigenvalue weighted by Gasteiger charge is -2.19. The largest absolute Gasteiger partial charge is 0.497 e. The average molecular weight is 623 g/mol. The molecule has 1 heterocycles. The molecule has 0 saturated heterocycles. The van der Waals surface area contributed by atoms with Crippen LogP contribution in [0.2, 0.25) is 5.02 Å². The van der Waals surface area contributed by atoms with Gasteiger partial charge < -0.3 is 14.6 Å². The highest BCUT2D eigenvalue weighted by Gasteiger charge is 2.32. The van der Waals surface area contributed by atoms with Gasteiger partial charge in [-0.2, -0.15) is 13.2 Å². The van der Waals surface area contributed by atoms with Gasteiger partial charge in [0.1, 0.15) is 11.0 Å². The molecule has 0 bridgehead atoms. The van der Waals surface area contributed by atoms with Gasteiger partial charge in [0, 0.05) is 12.1 Å². The fourth-order valence-corrected chi connectivity index (χ4v) is 5.65. The summed E-state index contributed by atoms with van der Waals surface area (Å²) in [6.07, 6.45) is -3.91. The van der Waals surface area contributed by atoms with Gasteiger partial charge in [0.25, 0.3) is 0 Å². The average Bonchev–Trinajstić information content (AvgIpc) is 3.42. The maximum absolute atomic E-state index is 13.7. The first-order valence-corrected chi connectivity index (χ1v) is 14.5. The third kappa shape index (κ3) is 7.39. The van der Waals surface area contributed by atoms with Gasteiger partial charge in [-0.05, 0) is 60.0 Å². The number of ether oxygens (including phenoxy) is 1. The summed E-state index contributed by atoms with van der Waals surface area (Å²) in [6.45, 7) is 0.517. The third-order valence-electron chi connectivity index (χ3n) is 6.65. The first kappa shape index (κ1) is 30.2. The Kier molecular flexibility index (Phi) is 9.37. The SMILES string of the molecule is COc1ccc(-c2nnc(S[C@@H](C(=O)Nc3cc(C(F)(F)F)ccc3Cl)c3ccccc3)n2CCc2ccccc2)cc1. The van der Waals surface area contributed by atoms with Crippen molar-refractivity contribution in [2.24, 2.45) is 0 Å². The number of methoxy groups -OCH3 is 1. The molecule has 0 aliphatic carbocycles. The van der Waals surface area contributed by atoms with Crippen LogP contribution in [0, 0.1) is 0 Å². The number of benzene rings is 4. The van der Waals surface area contributed by atoms with E-state index in [0.29, 0.717) is 35.3 Å². The summed E-state index contributed by atoms with van der Waals surface area (Å²) in [4.78, 5) is 13.7. The monoisotopic (exact) mass is 622 g/mol. The van der Waals surface area contributed by atoms with Crippen LogP contribution in [0.1, 0.15) is 21.9 Å². The van der Waals surface area contributed by atoms with Crippen LogP contribution in [0.25, 0.3) is 11.4 Å². The number of halogens is 4. The molecule has 0 aliphatic rings. The Morgan fingerprint density at radius 1 is 0.953 bits per heavy atom. The van der Waals surface area contributed by atoms with Crippen LogP contribution in [-0.4, -0.2) is 27.8 Å². The van der Waals surface area contributed by atoms with Crippen molar-refractivity contribution >= 4 is 35.0 Å². The van der Waals surface area contributed by atoms with E-state index in [4.69, 9.17) is 16.3 Å². The van der Waals surface area contributed by atoms with Crippen molar-refractivity contribution in [2.45, 2.75) is 29.5 Å².